The molecule has 192 valence electrons. The SMILES string of the molecule is CCCCC(C)C(=O)Oc1cc(OC(=O)C(C)CCCC)c(C)c(OC(=O)C(C)CCCC)c1. The van der Waals surface area contributed by atoms with Crippen LogP contribution in [-0.2, 0) is 14.4 Å². The molecule has 3 unspecified atom stereocenters. The quantitative estimate of drug-likeness (QED) is 0.197. The molecule has 0 saturated carbocycles. The van der Waals surface area contributed by atoms with E-state index in [4.69, 9.17) is 14.2 Å². The first-order valence-corrected chi connectivity index (χ1v) is 12.9. The molecule has 6 heteroatoms. The van der Waals surface area contributed by atoms with E-state index in [-0.39, 0.29) is 52.9 Å². The smallest absolute Gasteiger partial charge is 0.314 e. The van der Waals surface area contributed by atoms with E-state index in [9.17, 15) is 14.4 Å². The molecule has 0 aliphatic heterocycles. The zero-order valence-electron chi connectivity index (χ0n) is 22.2. The summed E-state index contributed by atoms with van der Waals surface area (Å²) in [6, 6.07) is 3.06. The van der Waals surface area contributed by atoms with Crippen LogP contribution in [0.5, 0.6) is 17.2 Å². The van der Waals surface area contributed by atoms with Crippen LogP contribution in [0.3, 0.4) is 0 Å². The van der Waals surface area contributed by atoms with E-state index in [2.05, 4.69) is 20.8 Å². The van der Waals surface area contributed by atoms with E-state index >= 15 is 0 Å². The van der Waals surface area contributed by atoms with Gasteiger partial charge in [-0.1, -0.05) is 80.1 Å². The second-order valence-electron chi connectivity index (χ2n) is 9.44. The van der Waals surface area contributed by atoms with Gasteiger partial charge in [-0.2, -0.15) is 0 Å². The highest BCUT2D eigenvalue weighted by Gasteiger charge is 2.23. The molecule has 0 aliphatic rings. The van der Waals surface area contributed by atoms with Gasteiger partial charge >= 0.3 is 17.9 Å². The Labute approximate surface area is 205 Å². The topological polar surface area (TPSA) is 78.9 Å². The summed E-state index contributed by atoms with van der Waals surface area (Å²) in [5, 5.41) is 0. The molecule has 6 nitrogen and oxygen atoms in total. The molecule has 0 aromatic heterocycles. The Kier molecular flexibility index (Phi) is 13.5. The highest BCUT2D eigenvalue weighted by atomic mass is 16.6. The molecule has 0 radical (unpaired) electrons. The predicted molar refractivity (Wildman–Crippen MR) is 134 cm³/mol. The van der Waals surface area contributed by atoms with Gasteiger partial charge in [-0.25, -0.2) is 0 Å². The number of ether oxygens (including phenoxy) is 3. The highest BCUT2D eigenvalue weighted by molar-refractivity contribution is 5.79. The fourth-order valence-electron chi connectivity index (χ4n) is 3.43. The van der Waals surface area contributed by atoms with Crippen molar-refractivity contribution in [3.63, 3.8) is 0 Å². The van der Waals surface area contributed by atoms with Crippen LogP contribution in [0.1, 0.15) is 105 Å². The molecule has 1 rings (SSSR count). The monoisotopic (exact) mass is 476 g/mol. The first-order valence-electron chi connectivity index (χ1n) is 12.9. The summed E-state index contributed by atoms with van der Waals surface area (Å²) in [6.45, 7) is 13.5. The fourth-order valence-corrected chi connectivity index (χ4v) is 3.43. The van der Waals surface area contributed by atoms with Gasteiger partial charge in [0.05, 0.1) is 17.8 Å². The van der Waals surface area contributed by atoms with Crippen molar-refractivity contribution < 1.29 is 28.6 Å². The standard InChI is InChI=1S/C28H44O6/c1-8-11-14-19(4)26(29)32-23-17-24(33-27(30)20(5)15-12-9-2)22(7)25(18-23)34-28(31)21(6)16-13-10-3/h17-21H,8-16H2,1-7H3. The zero-order chi connectivity index (χ0) is 25.7. The third-order valence-electron chi connectivity index (χ3n) is 6.10. The van der Waals surface area contributed by atoms with Crippen molar-refractivity contribution in [3.05, 3.63) is 17.7 Å². The Bertz CT molecular complexity index is 751. The lowest BCUT2D eigenvalue weighted by Gasteiger charge is -2.18. The molecule has 0 fully saturated rings. The van der Waals surface area contributed by atoms with Crippen LogP contribution in [0.15, 0.2) is 12.1 Å². The van der Waals surface area contributed by atoms with Crippen LogP contribution < -0.4 is 14.2 Å². The maximum Gasteiger partial charge on any atom is 0.314 e. The molecule has 0 heterocycles. The molecule has 0 amide bonds. The molecule has 0 spiro atoms. The van der Waals surface area contributed by atoms with E-state index in [1.54, 1.807) is 6.92 Å². The first-order chi connectivity index (χ1) is 16.1. The lowest BCUT2D eigenvalue weighted by atomic mass is 10.0. The molecular weight excluding hydrogens is 432 g/mol. The second kappa shape index (κ2) is 15.5. The molecule has 1 aromatic rings. The number of esters is 3. The summed E-state index contributed by atoms with van der Waals surface area (Å²) < 4.78 is 17.0. The summed E-state index contributed by atoms with van der Waals surface area (Å²) >= 11 is 0. The van der Waals surface area contributed by atoms with Crippen molar-refractivity contribution in [1.82, 2.24) is 0 Å². The predicted octanol–water partition coefficient (Wildman–Crippen LogP) is 7.19. The Morgan fingerprint density at radius 1 is 0.647 bits per heavy atom. The van der Waals surface area contributed by atoms with Crippen molar-refractivity contribution in [3.8, 4) is 17.2 Å². The average molecular weight is 477 g/mol. The van der Waals surface area contributed by atoms with Crippen LogP contribution in [-0.4, -0.2) is 17.9 Å². The summed E-state index contributed by atoms with van der Waals surface area (Å²) in [6.07, 6.45) is 7.97. The largest absolute Gasteiger partial charge is 0.426 e. The van der Waals surface area contributed by atoms with Crippen LogP contribution >= 0.6 is 0 Å². The minimum Gasteiger partial charge on any atom is -0.426 e. The van der Waals surface area contributed by atoms with Crippen molar-refractivity contribution >= 4 is 17.9 Å². The van der Waals surface area contributed by atoms with E-state index in [1.165, 1.54) is 12.1 Å². The van der Waals surface area contributed by atoms with Gasteiger partial charge in [-0.15, -0.1) is 0 Å². The Morgan fingerprint density at radius 3 is 1.29 bits per heavy atom. The molecular formula is C28H44O6. The summed E-state index contributed by atoms with van der Waals surface area (Å²) in [4.78, 5) is 37.9. The minimum atomic E-state index is -0.362. The number of carbonyl (C=O) groups excluding carboxylic acids is 3. The third-order valence-corrected chi connectivity index (χ3v) is 6.10. The van der Waals surface area contributed by atoms with E-state index < -0.39 is 0 Å². The Hall–Kier alpha value is -2.37. The molecule has 0 bridgehead atoms. The van der Waals surface area contributed by atoms with Gasteiger partial charge < -0.3 is 14.2 Å². The highest BCUT2D eigenvalue weighted by Crippen LogP contribution is 2.35. The van der Waals surface area contributed by atoms with E-state index in [0.29, 0.717) is 5.56 Å². The molecule has 0 saturated heterocycles. The molecule has 34 heavy (non-hydrogen) atoms. The van der Waals surface area contributed by atoms with Crippen molar-refractivity contribution in [2.75, 3.05) is 0 Å². The Morgan fingerprint density at radius 2 is 0.971 bits per heavy atom. The van der Waals surface area contributed by atoms with Gasteiger partial charge in [0.15, 0.2) is 0 Å². The van der Waals surface area contributed by atoms with E-state index in [0.717, 1.165) is 57.8 Å². The maximum atomic E-state index is 12.7. The van der Waals surface area contributed by atoms with Gasteiger partial charge in [0.25, 0.3) is 0 Å². The van der Waals surface area contributed by atoms with Crippen LogP contribution in [0.4, 0.5) is 0 Å². The van der Waals surface area contributed by atoms with Gasteiger partial charge in [0.1, 0.15) is 17.2 Å². The van der Waals surface area contributed by atoms with Gasteiger partial charge in [0, 0.05) is 17.7 Å². The zero-order valence-corrected chi connectivity index (χ0v) is 22.2. The maximum absolute atomic E-state index is 12.7. The lowest BCUT2D eigenvalue weighted by molar-refractivity contribution is -0.139. The third kappa shape index (κ3) is 9.86. The lowest BCUT2D eigenvalue weighted by Crippen LogP contribution is -2.21. The van der Waals surface area contributed by atoms with Crippen molar-refractivity contribution in [2.24, 2.45) is 17.8 Å². The van der Waals surface area contributed by atoms with Gasteiger partial charge in [-0.05, 0) is 26.2 Å². The normalized spacial score (nSPS) is 13.6. The van der Waals surface area contributed by atoms with Crippen molar-refractivity contribution in [1.29, 1.82) is 0 Å². The number of unbranched alkanes of at least 4 members (excludes halogenated alkanes) is 3. The summed E-state index contributed by atoms with van der Waals surface area (Å²) in [5.41, 5.74) is 0.519. The number of benzene rings is 1. The van der Waals surface area contributed by atoms with Gasteiger partial charge in [0.2, 0.25) is 0 Å². The number of hydrogen-bond acceptors (Lipinski definition) is 6. The fraction of sp³-hybridized carbons (Fsp3) is 0.679. The summed E-state index contributed by atoms with van der Waals surface area (Å²) in [5.74, 6) is -1.19. The molecule has 3 atom stereocenters. The minimum absolute atomic E-state index is 0.201. The summed E-state index contributed by atoms with van der Waals surface area (Å²) in [7, 11) is 0. The van der Waals surface area contributed by atoms with Crippen LogP contribution in [0, 0.1) is 24.7 Å². The number of carbonyl (C=O) groups is 3. The van der Waals surface area contributed by atoms with Crippen LogP contribution in [0.2, 0.25) is 0 Å². The van der Waals surface area contributed by atoms with E-state index in [1.807, 2.05) is 20.8 Å². The first kappa shape index (κ1) is 29.7. The second-order valence-corrected chi connectivity index (χ2v) is 9.44. The molecule has 1 aromatic carbocycles. The number of rotatable bonds is 15. The average Bonchev–Trinajstić information content (AvgIpc) is 2.81. The Balaban J connectivity index is 3.18. The molecule has 0 aliphatic carbocycles. The van der Waals surface area contributed by atoms with Gasteiger partial charge in [-0.3, -0.25) is 14.4 Å². The van der Waals surface area contributed by atoms with Crippen LogP contribution in [0.25, 0.3) is 0 Å². The molecule has 0 N–H and O–H groups in total. The number of hydrogen-bond donors (Lipinski definition) is 0. The van der Waals surface area contributed by atoms with Crippen molar-refractivity contribution in [2.45, 2.75) is 106 Å².